The van der Waals surface area contributed by atoms with Crippen LogP contribution in [0.2, 0.25) is 10.0 Å². The Balaban J connectivity index is 2.28. The van der Waals surface area contributed by atoms with E-state index in [1.807, 2.05) is 45.0 Å². The van der Waals surface area contributed by atoms with Gasteiger partial charge in [0.2, 0.25) is 11.8 Å². The van der Waals surface area contributed by atoms with Gasteiger partial charge >= 0.3 is 0 Å². The van der Waals surface area contributed by atoms with E-state index in [0.29, 0.717) is 10.0 Å². The summed E-state index contributed by atoms with van der Waals surface area (Å²) in [6, 6.07) is 12.3. The standard InChI is InChI=1S/C22H26Cl2N2O2/c1-14(2)25-22(28)16(4)26(13-18-8-9-19(23)12-20(18)24)21(27)11-17-7-5-6-15(3)10-17/h5-10,12,14,16H,11,13H2,1-4H3,(H,25,28)/t16-/m0/s1. The van der Waals surface area contributed by atoms with Gasteiger partial charge in [-0.25, -0.2) is 0 Å². The number of rotatable bonds is 7. The summed E-state index contributed by atoms with van der Waals surface area (Å²) >= 11 is 12.3. The first-order valence-electron chi connectivity index (χ1n) is 9.26. The maximum atomic E-state index is 13.1. The topological polar surface area (TPSA) is 49.4 Å². The van der Waals surface area contributed by atoms with Crippen molar-refractivity contribution in [2.75, 3.05) is 0 Å². The molecule has 1 atom stereocenters. The largest absolute Gasteiger partial charge is 0.352 e. The number of carbonyl (C=O) groups excluding carboxylic acids is 2. The van der Waals surface area contributed by atoms with Crippen molar-refractivity contribution in [3.05, 3.63) is 69.2 Å². The minimum absolute atomic E-state index is 0.0113. The highest BCUT2D eigenvalue weighted by Gasteiger charge is 2.27. The third kappa shape index (κ3) is 6.25. The summed E-state index contributed by atoms with van der Waals surface area (Å²) in [4.78, 5) is 27.3. The number of halogens is 2. The van der Waals surface area contributed by atoms with E-state index in [9.17, 15) is 9.59 Å². The molecule has 4 nitrogen and oxygen atoms in total. The molecule has 0 fully saturated rings. The van der Waals surface area contributed by atoms with E-state index in [0.717, 1.165) is 16.7 Å². The van der Waals surface area contributed by atoms with Gasteiger partial charge in [-0.15, -0.1) is 0 Å². The van der Waals surface area contributed by atoms with Crippen LogP contribution in [0.15, 0.2) is 42.5 Å². The van der Waals surface area contributed by atoms with Gasteiger partial charge in [-0.2, -0.15) is 0 Å². The molecule has 0 aliphatic heterocycles. The molecule has 2 aromatic carbocycles. The fourth-order valence-electron chi connectivity index (χ4n) is 2.92. The average molecular weight is 421 g/mol. The zero-order chi connectivity index (χ0) is 20.8. The minimum atomic E-state index is -0.633. The first-order valence-corrected chi connectivity index (χ1v) is 10.0. The third-order valence-corrected chi connectivity index (χ3v) is 4.98. The number of hydrogen-bond acceptors (Lipinski definition) is 2. The number of hydrogen-bond donors (Lipinski definition) is 1. The highest BCUT2D eigenvalue weighted by atomic mass is 35.5. The molecule has 0 spiro atoms. The molecule has 0 aliphatic rings. The van der Waals surface area contributed by atoms with Crippen LogP contribution < -0.4 is 5.32 Å². The number of nitrogens with zero attached hydrogens (tertiary/aromatic N) is 1. The van der Waals surface area contributed by atoms with E-state index < -0.39 is 6.04 Å². The van der Waals surface area contributed by atoms with Crippen LogP contribution in [0, 0.1) is 6.92 Å². The summed E-state index contributed by atoms with van der Waals surface area (Å²) in [5.41, 5.74) is 2.74. The second kappa shape index (κ2) is 9.94. The predicted molar refractivity (Wildman–Crippen MR) is 115 cm³/mol. The van der Waals surface area contributed by atoms with Crippen LogP contribution in [0.25, 0.3) is 0 Å². The Morgan fingerprint density at radius 2 is 1.79 bits per heavy atom. The number of amides is 2. The van der Waals surface area contributed by atoms with E-state index in [-0.39, 0.29) is 30.8 Å². The highest BCUT2D eigenvalue weighted by Crippen LogP contribution is 2.23. The smallest absolute Gasteiger partial charge is 0.242 e. The first kappa shape index (κ1) is 22.3. The quantitative estimate of drug-likeness (QED) is 0.699. The molecule has 0 saturated heterocycles. The van der Waals surface area contributed by atoms with Gasteiger partial charge in [-0.05, 0) is 51.0 Å². The summed E-state index contributed by atoms with van der Waals surface area (Å²) < 4.78 is 0. The molecule has 0 aromatic heterocycles. The minimum Gasteiger partial charge on any atom is -0.352 e. The number of carbonyl (C=O) groups is 2. The van der Waals surface area contributed by atoms with Gasteiger partial charge in [0.05, 0.1) is 6.42 Å². The van der Waals surface area contributed by atoms with Crippen molar-refractivity contribution >= 4 is 35.0 Å². The highest BCUT2D eigenvalue weighted by molar-refractivity contribution is 6.35. The Kier molecular flexibility index (Phi) is 7.90. The summed E-state index contributed by atoms with van der Waals surface area (Å²) in [5.74, 6) is -0.333. The Bertz CT molecular complexity index is 852. The van der Waals surface area contributed by atoms with Crippen LogP contribution in [-0.2, 0) is 22.6 Å². The molecule has 28 heavy (non-hydrogen) atoms. The summed E-state index contributed by atoms with van der Waals surface area (Å²) in [7, 11) is 0. The van der Waals surface area contributed by atoms with Crippen LogP contribution in [0.1, 0.15) is 37.5 Å². The molecule has 0 saturated carbocycles. The lowest BCUT2D eigenvalue weighted by molar-refractivity contribution is -0.140. The van der Waals surface area contributed by atoms with E-state index >= 15 is 0 Å². The van der Waals surface area contributed by atoms with E-state index in [1.54, 1.807) is 30.0 Å². The fourth-order valence-corrected chi connectivity index (χ4v) is 3.39. The monoisotopic (exact) mass is 420 g/mol. The molecule has 1 N–H and O–H groups in total. The van der Waals surface area contributed by atoms with Crippen molar-refractivity contribution in [2.45, 2.75) is 52.7 Å². The molecule has 2 amide bonds. The van der Waals surface area contributed by atoms with Gasteiger partial charge in [0, 0.05) is 22.6 Å². The van der Waals surface area contributed by atoms with E-state index in [1.165, 1.54) is 0 Å². The van der Waals surface area contributed by atoms with Gasteiger partial charge < -0.3 is 10.2 Å². The zero-order valence-electron chi connectivity index (χ0n) is 16.6. The van der Waals surface area contributed by atoms with Crippen molar-refractivity contribution in [2.24, 2.45) is 0 Å². The van der Waals surface area contributed by atoms with Gasteiger partial charge in [0.1, 0.15) is 6.04 Å². The average Bonchev–Trinajstić information content (AvgIpc) is 2.59. The lowest BCUT2D eigenvalue weighted by Crippen LogP contribution is -2.49. The van der Waals surface area contributed by atoms with Gasteiger partial charge in [-0.3, -0.25) is 9.59 Å². The molecule has 0 unspecified atom stereocenters. The van der Waals surface area contributed by atoms with Gasteiger partial charge in [0.15, 0.2) is 0 Å². The van der Waals surface area contributed by atoms with Crippen molar-refractivity contribution < 1.29 is 9.59 Å². The molecular formula is C22H26Cl2N2O2. The summed E-state index contributed by atoms with van der Waals surface area (Å²) in [5, 5.41) is 3.87. The van der Waals surface area contributed by atoms with E-state index in [2.05, 4.69) is 5.32 Å². The number of benzene rings is 2. The molecule has 2 aromatic rings. The fraction of sp³-hybridized carbons (Fsp3) is 0.364. The third-order valence-electron chi connectivity index (χ3n) is 4.39. The predicted octanol–water partition coefficient (Wildman–Crippen LogP) is 4.79. The van der Waals surface area contributed by atoms with Gasteiger partial charge in [-0.1, -0.05) is 59.1 Å². The van der Waals surface area contributed by atoms with Crippen LogP contribution >= 0.6 is 23.2 Å². The second-order valence-corrected chi connectivity index (χ2v) is 8.11. The Hall–Kier alpha value is -2.04. The van der Waals surface area contributed by atoms with Crippen molar-refractivity contribution in [1.29, 1.82) is 0 Å². The number of aryl methyl sites for hydroxylation is 1. The lowest BCUT2D eigenvalue weighted by Gasteiger charge is -2.30. The molecular weight excluding hydrogens is 395 g/mol. The van der Waals surface area contributed by atoms with Gasteiger partial charge in [0.25, 0.3) is 0 Å². The van der Waals surface area contributed by atoms with E-state index in [4.69, 9.17) is 23.2 Å². The molecule has 0 radical (unpaired) electrons. The SMILES string of the molecule is Cc1cccc(CC(=O)N(Cc2ccc(Cl)cc2Cl)[C@@H](C)C(=O)NC(C)C)c1. The number of nitrogens with one attached hydrogen (secondary N) is 1. The molecule has 150 valence electrons. The van der Waals surface area contributed by atoms with Crippen LogP contribution in [0.4, 0.5) is 0 Å². The molecule has 0 aliphatic carbocycles. The molecule has 2 rings (SSSR count). The van der Waals surface area contributed by atoms with Crippen LogP contribution in [0.3, 0.4) is 0 Å². The molecule has 0 heterocycles. The second-order valence-electron chi connectivity index (χ2n) is 7.26. The molecule has 6 heteroatoms. The lowest BCUT2D eigenvalue weighted by atomic mass is 10.1. The van der Waals surface area contributed by atoms with Crippen molar-refractivity contribution in [3.63, 3.8) is 0 Å². The Morgan fingerprint density at radius 1 is 1.07 bits per heavy atom. The summed E-state index contributed by atoms with van der Waals surface area (Å²) in [6.07, 6.45) is 0.214. The normalized spacial score (nSPS) is 12.0. The zero-order valence-corrected chi connectivity index (χ0v) is 18.1. The summed E-state index contributed by atoms with van der Waals surface area (Å²) in [6.45, 7) is 7.72. The van der Waals surface area contributed by atoms with Crippen LogP contribution in [0.5, 0.6) is 0 Å². The van der Waals surface area contributed by atoms with Crippen molar-refractivity contribution in [1.82, 2.24) is 10.2 Å². The van der Waals surface area contributed by atoms with Crippen molar-refractivity contribution in [3.8, 4) is 0 Å². The first-order chi connectivity index (χ1) is 13.2. The maximum Gasteiger partial charge on any atom is 0.242 e. The Morgan fingerprint density at radius 3 is 2.39 bits per heavy atom. The Labute approximate surface area is 176 Å². The van der Waals surface area contributed by atoms with Crippen LogP contribution in [-0.4, -0.2) is 28.8 Å². The molecule has 0 bridgehead atoms. The maximum absolute atomic E-state index is 13.1.